The molecule has 2 rings (SSSR count). The highest BCUT2D eigenvalue weighted by atomic mass is 16.3. The number of rotatable bonds is 6. The summed E-state index contributed by atoms with van der Waals surface area (Å²) < 4.78 is 0. The molecule has 118 valence electrons. The van der Waals surface area contributed by atoms with Crippen molar-refractivity contribution >= 4 is 0 Å². The highest BCUT2D eigenvalue weighted by Crippen LogP contribution is 2.17. The van der Waals surface area contributed by atoms with Crippen LogP contribution in [0.15, 0.2) is 24.3 Å². The average Bonchev–Trinajstić information content (AvgIpc) is 2.47. The Kier molecular flexibility index (Phi) is 6.22. The molecule has 0 aromatic heterocycles. The van der Waals surface area contributed by atoms with Gasteiger partial charge in [0.15, 0.2) is 0 Å². The Morgan fingerprint density at radius 2 is 2.19 bits per heavy atom. The van der Waals surface area contributed by atoms with Gasteiger partial charge in [0.25, 0.3) is 0 Å². The van der Waals surface area contributed by atoms with Crippen LogP contribution in [0.1, 0.15) is 50.8 Å². The summed E-state index contributed by atoms with van der Waals surface area (Å²) in [5.74, 6) is 0.838. The van der Waals surface area contributed by atoms with Crippen LogP contribution in [0.3, 0.4) is 0 Å². The van der Waals surface area contributed by atoms with E-state index in [2.05, 4.69) is 43.1 Å². The van der Waals surface area contributed by atoms with E-state index in [9.17, 15) is 5.11 Å². The average molecular weight is 290 g/mol. The van der Waals surface area contributed by atoms with Crippen molar-refractivity contribution in [3.05, 3.63) is 35.4 Å². The van der Waals surface area contributed by atoms with E-state index in [1.54, 1.807) is 0 Å². The number of likely N-dealkylation sites (tertiary alicyclic amines) is 1. The number of benzene rings is 1. The van der Waals surface area contributed by atoms with Gasteiger partial charge in [-0.1, -0.05) is 31.2 Å². The lowest BCUT2D eigenvalue weighted by Gasteiger charge is -2.33. The molecule has 1 aromatic rings. The van der Waals surface area contributed by atoms with Gasteiger partial charge in [0.2, 0.25) is 0 Å². The first-order valence-corrected chi connectivity index (χ1v) is 8.26. The molecule has 1 aliphatic heterocycles. The van der Waals surface area contributed by atoms with Crippen molar-refractivity contribution in [1.29, 1.82) is 0 Å². The first-order chi connectivity index (χ1) is 10.1. The predicted molar refractivity (Wildman–Crippen MR) is 88.2 cm³/mol. The first-order valence-electron chi connectivity index (χ1n) is 8.26. The van der Waals surface area contributed by atoms with Gasteiger partial charge in [-0.2, -0.15) is 0 Å². The molecule has 0 radical (unpaired) electrons. The summed E-state index contributed by atoms with van der Waals surface area (Å²) in [5.41, 5.74) is 2.24. The zero-order valence-electron chi connectivity index (χ0n) is 13.7. The monoisotopic (exact) mass is 290 g/mol. The molecule has 0 saturated carbocycles. The minimum atomic E-state index is 0.113. The summed E-state index contributed by atoms with van der Waals surface area (Å²) in [4.78, 5) is 2.59. The van der Waals surface area contributed by atoms with Crippen LogP contribution in [0, 0.1) is 5.92 Å². The summed E-state index contributed by atoms with van der Waals surface area (Å²) in [7, 11) is 0. The van der Waals surface area contributed by atoms with Crippen LogP contribution in [0.25, 0.3) is 0 Å². The van der Waals surface area contributed by atoms with E-state index in [1.165, 1.54) is 31.5 Å². The summed E-state index contributed by atoms with van der Waals surface area (Å²) in [5, 5.41) is 12.9. The molecular weight excluding hydrogens is 260 g/mol. The number of aliphatic hydroxyl groups excluding tert-OH is 1. The maximum Gasteiger partial charge on any atom is 0.0681 e. The molecule has 0 amide bonds. The fourth-order valence-electron chi connectivity index (χ4n) is 3.38. The second-order valence-electron chi connectivity index (χ2n) is 6.70. The van der Waals surface area contributed by atoms with Gasteiger partial charge in [0, 0.05) is 25.2 Å². The Hall–Kier alpha value is -0.900. The fourth-order valence-corrected chi connectivity index (χ4v) is 3.38. The van der Waals surface area contributed by atoms with Crippen molar-refractivity contribution in [1.82, 2.24) is 10.2 Å². The normalized spacial score (nSPS) is 23.0. The van der Waals surface area contributed by atoms with Crippen LogP contribution < -0.4 is 5.32 Å². The molecule has 0 aliphatic carbocycles. The van der Waals surface area contributed by atoms with Gasteiger partial charge in [0.1, 0.15) is 0 Å². The van der Waals surface area contributed by atoms with Crippen LogP contribution in [0.4, 0.5) is 0 Å². The Labute approximate surface area is 129 Å². The van der Waals surface area contributed by atoms with Crippen LogP contribution >= 0.6 is 0 Å². The number of aliphatic hydroxyl groups is 1. The van der Waals surface area contributed by atoms with E-state index in [4.69, 9.17) is 0 Å². The topological polar surface area (TPSA) is 35.5 Å². The molecule has 3 atom stereocenters. The number of piperidine rings is 1. The van der Waals surface area contributed by atoms with Crippen molar-refractivity contribution in [2.45, 2.75) is 52.3 Å². The standard InChI is InChI=1S/C18H30N2O/c1-14-6-5-9-20(11-14)12-15(2)19-16(3)18-8-4-7-17(10-18)13-21/h4,7-8,10,14-16,19,21H,5-6,9,11-13H2,1-3H3. The van der Waals surface area contributed by atoms with Crippen molar-refractivity contribution < 1.29 is 5.11 Å². The molecule has 3 unspecified atom stereocenters. The molecular formula is C18H30N2O. The molecule has 0 bridgehead atoms. The zero-order chi connectivity index (χ0) is 15.2. The summed E-state index contributed by atoms with van der Waals surface area (Å²) >= 11 is 0. The van der Waals surface area contributed by atoms with Crippen molar-refractivity contribution in [3.8, 4) is 0 Å². The van der Waals surface area contributed by atoms with E-state index >= 15 is 0 Å². The number of nitrogens with one attached hydrogen (secondary N) is 1. The van der Waals surface area contributed by atoms with Crippen molar-refractivity contribution in [3.63, 3.8) is 0 Å². The summed E-state index contributed by atoms with van der Waals surface area (Å²) in [6, 6.07) is 9.00. The molecule has 3 heteroatoms. The number of nitrogens with zero attached hydrogens (tertiary/aromatic N) is 1. The highest BCUT2D eigenvalue weighted by molar-refractivity contribution is 5.25. The maximum atomic E-state index is 9.24. The van der Waals surface area contributed by atoms with E-state index in [1.807, 2.05) is 12.1 Å². The lowest BCUT2D eigenvalue weighted by Crippen LogP contribution is -2.44. The smallest absolute Gasteiger partial charge is 0.0681 e. The van der Waals surface area contributed by atoms with E-state index < -0.39 is 0 Å². The number of hydrogen-bond acceptors (Lipinski definition) is 3. The molecule has 1 saturated heterocycles. The number of hydrogen-bond donors (Lipinski definition) is 2. The third kappa shape index (κ3) is 5.10. The second-order valence-corrected chi connectivity index (χ2v) is 6.70. The van der Waals surface area contributed by atoms with E-state index in [0.717, 1.165) is 18.0 Å². The Bertz CT molecular complexity index is 435. The van der Waals surface area contributed by atoms with Crippen molar-refractivity contribution in [2.24, 2.45) is 5.92 Å². The fraction of sp³-hybridized carbons (Fsp3) is 0.667. The molecule has 1 aliphatic rings. The first kappa shape index (κ1) is 16.5. The molecule has 1 aromatic carbocycles. The lowest BCUT2D eigenvalue weighted by molar-refractivity contribution is 0.167. The van der Waals surface area contributed by atoms with Crippen LogP contribution in [0.2, 0.25) is 0 Å². The lowest BCUT2D eigenvalue weighted by atomic mass is 10.00. The van der Waals surface area contributed by atoms with Gasteiger partial charge in [-0.05, 0) is 50.3 Å². The van der Waals surface area contributed by atoms with Crippen molar-refractivity contribution in [2.75, 3.05) is 19.6 Å². The van der Waals surface area contributed by atoms with Crippen LogP contribution in [0.5, 0.6) is 0 Å². The SMILES string of the molecule is CC1CCCN(CC(C)NC(C)c2cccc(CO)c2)C1. The van der Waals surface area contributed by atoms with Gasteiger partial charge in [-0.15, -0.1) is 0 Å². The highest BCUT2D eigenvalue weighted by Gasteiger charge is 2.19. The van der Waals surface area contributed by atoms with Crippen LogP contribution in [-0.2, 0) is 6.61 Å². The summed E-state index contributed by atoms with van der Waals surface area (Å²) in [6.45, 7) is 10.5. The molecule has 0 spiro atoms. The van der Waals surface area contributed by atoms with Gasteiger partial charge < -0.3 is 15.3 Å². The van der Waals surface area contributed by atoms with Gasteiger partial charge in [-0.25, -0.2) is 0 Å². The Balaban J connectivity index is 1.84. The van der Waals surface area contributed by atoms with Gasteiger partial charge in [0.05, 0.1) is 6.61 Å². The van der Waals surface area contributed by atoms with Crippen LogP contribution in [-0.4, -0.2) is 35.7 Å². The third-order valence-corrected chi connectivity index (χ3v) is 4.44. The molecule has 1 fully saturated rings. The van der Waals surface area contributed by atoms with E-state index in [0.29, 0.717) is 12.1 Å². The molecule has 3 nitrogen and oxygen atoms in total. The largest absolute Gasteiger partial charge is 0.392 e. The molecule has 21 heavy (non-hydrogen) atoms. The van der Waals surface area contributed by atoms with E-state index in [-0.39, 0.29) is 6.61 Å². The second kappa shape index (κ2) is 7.92. The van der Waals surface area contributed by atoms with Gasteiger partial charge >= 0.3 is 0 Å². The predicted octanol–water partition coefficient (Wildman–Crippen LogP) is 2.95. The minimum absolute atomic E-state index is 0.113. The summed E-state index contributed by atoms with van der Waals surface area (Å²) in [6.07, 6.45) is 2.71. The third-order valence-electron chi connectivity index (χ3n) is 4.44. The minimum Gasteiger partial charge on any atom is -0.392 e. The Morgan fingerprint density at radius 3 is 2.90 bits per heavy atom. The Morgan fingerprint density at radius 1 is 1.38 bits per heavy atom. The zero-order valence-corrected chi connectivity index (χ0v) is 13.7. The molecule has 1 heterocycles. The quantitative estimate of drug-likeness (QED) is 0.845. The van der Waals surface area contributed by atoms with Gasteiger partial charge in [-0.3, -0.25) is 0 Å². The maximum absolute atomic E-state index is 9.24. The molecule has 2 N–H and O–H groups in total.